The van der Waals surface area contributed by atoms with Gasteiger partial charge in [-0.05, 0) is 79.2 Å². The molecule has 2 aromatic carbocycles. The third-order valence-electron chi connectivity index (χ3n) is 12.0. The Bertz CT molecular complexity index is 1950. The maximum absolute atomic E-state index is 13.5. The maximum atomic E-state index is 13.5. The molecular formula is C41H47ClN2O9. The lowest BCUT2D eigenvalue weighted by Gasteiger charge is -2.49. The highest BCUT2D eigenvalue weighted by molar-refractivity contribution is 6.34. The number of aliphatic hydroxyl groups is 2. The minimum absolute atomic E-state index is 0.0175. The van der Waals surface area contributed by atoms with Crippen LogP contribution in [0.15, 0.2) is 65.8 Å². The lowest BCUT2D eigenvalue weighted by atomic mass is 9.80. The van der Waals surface area contributed by atoms with Crippen LogP contribution in [-0.2, 0) is 14.3 Å². The predicted octanol–water partition coefficient (Wildman–Crippen LogP) is 4.93. The number of rotatable bonds is 5. The number of carbonyl (C=O) groups excluding carboxylic acids is 2. The van der Waals surface area contributed by atoms with E-state index in [4.69, 9.17) is 30.5 Å². The lowest BCUT2D eigenvalue weighted by molar-refractivity contribution is -0.301. The zero-order chi connectivity index (χ0) is 38.0. The van der Waals surface area contributed by atoms with Gasteiger partial charge in [0.2, 0.25) is 5.91 Å². The number of phenolic OH excluding ortho intramolecular Hbond substituents is 1. The van der Waals surface area contributed by atoms with E-state index < -0.39 is 47.6 Å². The van der Waals surface area contributed by atoms with Gasteiger partial charge >= 0.3 is 0 Å². The summed E-state index contributed by atoms with van der Waals surface area (Å²) in [5.41, 5.74) is 0.714. The first-order chi connectivity index (χ1) is 25.2. The molecule has 11 nitrogen and oxygen atoms in total. The van der Waals surface area contributed by atoms with Crippen LogP contribution in [0.1, 0.15) is 54.2 Å². The molecule has 10 unspecified atom stereocenters. The van der Waals surface area contributed by atoms with Crippen molar-refractivity contribution >= 4 is 29.5 Å². The minimum atomic E-state index is -1.54. The summed E-state index contributed by atoms with van der Waals surface area (Å²) in [5, 5.41) is 40.9. The van der Waals surface area contributed by atoms with Crippen LogP contribution < -0.4 is 20.1 Å². The number of hydrogen-bond donors (Lipinski definition) is 5. The summed E-state index contributed by atoms with van der Waals surface area (Å²) in [4.78, 5) is 26.2. The molecule has 3 heterocycles. The molecule has 8 rings (SSSR count). The van der Waals surface area contributed by atoms with Crippen LogP contribution >= 0.6 is 11.6 Å². The van der Waals surface area contributed by atoms with Gasteiger partial charge in [-0.15, -0.1) is 0 Å². The highest BCUT2D eigenvalue weighted by Gasteiger charge is 2.66. The average Bonchev–Trinajstić information content (AvgIpc) is 3.59. The lowest BCUT2D eigenvalue weighted by Crippen LogP contribution is -2.66. The maximum Gasteiger partial charge on any atom is 0.255 e. The Morgan fingerprint density at radius 3 is 2.62 bits per heavy atom. The van der Waals surface area contributed by atoms with Crippen molar-refractivity contribution in [3.8, 4) is 17.2 Å². The number of carbonyl (C=O) groups is 2. The normalized spacial score (nSPS) is 35.2. The van der Waals surface area contributed by atoms with Crippen LogP contribution in [0.3, 0.4) is 0 Å². The van der Waals surface area contributed by atoms with Crippen LogP contribution in [0.4, 0.5) is 0 Å². The Labute approximate surface area is 314 Å². The number of allylic oxidation sites excluding steroid dienone is 2. The van der Waals surface area contributed by atoms with Gasteiger partial charge in [0, 0.05) is 30.4 Å². The molecule has 5 N–H and O–H groups in total. The number of halogens is 1. The van der Waals surface area contributed by atoms with Crippen LogP contribution in [0, 0.1) is 37.5 Å². The summed E-state index contributed by atoms with van der Waals surface area (Å²) >= 11 is 7.00. The molecule has 6 aliphatic rings. The Kier molecular flexibility index (Phi) is 9.78. The first-order valence-electron chi connectivity index (χ1n) is 18.1. The molecule has 1 saturated heterocycles. The molecule has 1 saturated carbocycles. The Balaban J connectivity index is 1.26. The van der Waals surface area contributed by atoms with E-state index in [1.165, 1.54) is 13.2 Å². The van der Waals surface area contributed by atoms with Crippen molar-refractivity contribution in [2.45, 2.75) is 76.8 Å². The highest BCUT2D eigenvalue weighted by Crippen LogP contribution is 2.58. The Morgan fingerprint density at radius 1 is 1.11 bits per heavy atom. The van der Waals surface area contributed by atoms with Crippen molar-refractivity contribution < 1.29 is 43.9 Å². The molecule has 0 aromatic heterocycles. The van der Waals surface area contributed by atoms with Gasteiger partial charge in [0.15, 0.2) is 23.4 Å². The van der Waals surface area contributed by atoms with Crippen LogP contribution in [0.2, 0.25) is 5.02 Å². The number of methoxy groups -OCH3 is 1. The predicted molar refractivity (Wildman–Crippen MR) is 199 cm³/mol. The number of aryl methyl sites for hydroxylation is 2. The molecule has 53 heavy (non-hydrogen) atoms. The van der Waals surface area contributed by atoms with E-state index in [-0.39, 0.29) is 52.4 Å². The minimum Gasteiger partial charge on any atom is -0.507 e. The first kappa shape index (κ1) is 37.2. The summed E-state index contributed by atoms with van der Waals surface area (Å²) in [6.45, 7) is 9.20. The van der Waals surface area contributed by atoms with Gasteiger partial charge in [-0.2, -0.15) is 0 Å². The zero-order valence-corrected chi connectivity index (χ0v) is 31.4. The highest BCUT2D eigenvalue weighted by atomic mass is 35.5. The van der Waals surface area contributed by atoms with Crippen molar-refractivity contribution in [3.05, 3.63) is 93.1 Å². The summed E-state index contributed by atoms with van der Waals surface area (Å²) in [7, 11) is 1.51. The molecule has 3 aliphatic heterocycles. The molecule has 0 radical (unpaired) electrons. The van der Waals surface area contributed by atoms with Gasteiger partial charge in [-0.25, -0.2) is 0 Å². The monoisotopic (exact) mass is 746 g/mol. The molecule has 2 aromatic rings. The first-order valence-corrected chi connectivity index (χ1v) is 18.5. The fourth-order valence-corrected chi connectivity index (χ4v) is 8.68. The van der Waals surface area contributed by atoms with E-state index in [1.54, 1.807) is 58.0 Å². The van der Waals surface area contributed by atoms with Crippen molar-refractivity contribution in [1.82, 2.24) is 10.6 Å². The number of nitrogens with one attached hydrogen (secondary N) is 2. The van der Waals surface area contributed by atoms with Crippen molar-refractivity contribution in [3.63, 3.8) is 0 Å². The summed E-state index contributed by atoms with van der Waals surface area (Å²) in [6, 6.07) is 6.10. The Hall–Kier alpha value is -4.13. The molecule has 0 spiro atoms. The second-order valence-electron chi connectivity index (χ2n) is 15.1. The van der Waals surface area contributed by atoms with E-state index in [9.17, 15) is 24.9 Å². The van der Waals surface area contributed by atoms with Crippen molar-refractivity contribution in [2.75, 3.05) is 20.3 Å². The van der Waals surface area contributed by atoms with Gasteiger partial charge in [0.1, 0.15) is 11.9 Å². The number of amides is 2. The van der Waals surface area contributed by atoms with Crippen LogP contribution in [-0.4, -0.2) is 83.1 Å². The SMILES string of the molecule is COc1ccc2c(Cl)c1OC1C3C=CC(=CC3C3=CCC(O)C31OC1OCC(NC(=O)c3c(C)ccc(C)c3O)C(C)(O)C1C)C(C)CNC(=O)/C=C/2. The largest absolute Gasteiger partial charge is 0.507 e. The molecule has 3 aliphatic carbocycles. The quantitative estimate of drug-likeness (QED) is 0.268. The van der Waals surface area contributed by atoms with Crippen LogP contribution in [0.5, 0.6) is 17.2 Å². The van der Waals surface area contributed by atoms with Gasteiger partial charge in [-0.1, -0.05) is 61.9 Å². The Morgan fingerprint density at radius 2 is 1.87 bits per heavy atom. The zero-order valence-electron chi connectivity index (χ0n) is 30.7. The number of benzene rings is 2. The molecule has 2 amide bonds. The second-order valence-corrected chi connectivity index (χ2v) is 15.5. The van der Waals surface area contributed by atoms with E-state index >= 15 is 0 Å². The standard InChI is InChI=1S/C41H47ClN2O9/c1-20-7-8-21(2)35(47)33(20)38(48)44-30-19-51-39(23(4)40(30,5)49)53-41-28(13-15-31(41)45)27-17-25-9-12-26(27)37(41)52-36-29(50-6)14-10-24(34(36)42)11-16-32(46)43-18-22(25)3/h7-14,16-17,22-23,26-27,30-31,37,39,45,47,49H,15,18-19H2,1-6H3,(H,43,46)(H,44,48)/b16-11+. The van der Waals surface area contributed by atoms with E-state index in [2.05, 4.69) is 22.8 Å². The molecule has 12 heteroatoms. The average molecular weight is 747 g/mol. The van der Waals surface area contributed by atoms with Gasteiger partial charge < -0.3 is 44.9 Å². The fraction of sp³-hybridized carbons (Fsp3) is 0.463. The second kappa shape index (κ2) is 13.9. The summed E-state index contributed by atoms with van der Waals surface area (Å²) in [6.07, 6.45) is 8.69. The number of aliphatic hydroxyl groups excluding tert-OH is 1. The van der Waals surface area contributed by atoms with Gasteiger partial charge in [-0.3, -0.25) is 9.59 Å². The molecule has 282 valence electrons. The summed E-state index contributed by atoms with van der Waals surface area (Å²) in [5.74, 6) is -1.57. The third kappa shape index (κ3) is 6.16. The molecule has 2 fully saturated rings. The molecule has 6 bridgehead atoms. The van der Waals surface area contributed by atoms with E-state index in [0.717, 1.165) is 11.1 Å². The number of fused-ring (bicyclic) bond motifs is 5. The van der Waals surface area contributed by atoms with Crippen LogP contribution in [0.25, 0.3) is 6.08 Å². The fourth-order valence-electron chi connectivity index (χ4n) is 8.41. The number of aromatic hydroxyl groups is 1. The van der Waals surface area contributed by atoms with Crippen molar-refractivity contribution in [1.29, 1.82) is 0 Å². The van der Waals surface area contributed by atoms with Crippen molar-refractivity contribution in [2.24, 2.45) is 23.7 Å². The smallest absolute Gasteiger partial charge is 0.255 e. The third-order valence-corrected chi connectivity index (χ3v) is 12.3. The molecule has 10 atom stereocenters. The van der Waals surface area contributed by atoms with E-state index in [1.807, 2.05) is 19.1 Å². The molecular weight excluding hydrogens is 700 g/mol. The van der Waals surface area contributed by atoms with Gasteiger partial charge in [0.05, 0.1) is 42.0 Å². The summed E-state index contributed by atoms with van der Waals surface area (Å²) < 4.78 is 26.0. The number of hydrogen-bond acceptors (Lipinski definition) is 9. The topological polar surface area (TPSA) is 156 Å². The van der Waals surface area contributed by atoms with Gasteiger partial charge in [0.25, 0.3) is 5.91 Å². The number of phenols is 1. The van der Waals surface area contributed by atoms with E-state index in [0.29, 0.717) is 35.4 Å². The number of ether oxygens (including phenoxy) is 4.